The summed E-state index contributed by atoms with van der Waals surface area (Å²) in [7, 11) is -2.83. The Bertz CT molecular complexity index is 308. The molecular formula is C12H25NO3S. The average molecular weight is 263 g/mol. The Hall–Kier alpha value is -0.130. The van der Waals surface area contributed by atoms with Crippen molar-refractivity contribution in [1.82, 2.24) is 5.32 Å². The smallest absolute Gasteiger partial charge is 0.147 e. The predicted molar refractivity (Wildman–Crippen MR) is 70.0 cm³/mol. The van der Waals surface area contributed by atoms with Gasteiger partial charge in [-0.3, -0.25) is 0 Å². The molecule has 0 aliphatic carbocycles. The summed E-state index contributed by atoms with van der Waals surface area (Å²) >= 11 is 0. The Labute approximate surface area is 105 Å². The van der Waals surface area contributed by atoms with Gasteiger partial charge >= 0.3 is 0 Å². The third kappa shape index (κ3) is 5.84. The van der Waals surface area contributed by atoms with Crippen molar-refractivity contribution < 1.29 is 13.2 Å². The number of hydrogen-bond donors (Lipinski definition) is 1. The summed E-state index contributed by atoms with van der Waals surface area (Å²) < 4.78 is 27.7. The van der Waals surface area contributed by atoms with Crippen LogP contribution in [0.1, 0.15) is 32.6 Å². The zero-order valence-electron chi connectivity index (χ0n) is 11.0. The third-order valence-electron chi connectivity index (χ3n) is 3.33. The summed E-state index contributed by atoms with van der Waals surface area (Å²) in [6.07, 6.45) is 5.17. The summed E-state index contributed by atoms with van der Waals surface area (Å²) in [6.45, 7) is 5.70. The number of rotatable bonds is 8. The molecule has 1 saturated heterocycles. The van der Waals surface area contributed by atoms with Crippen LogP contribution in [0.4, 0.5) is 0 Å². The molecule has 0 amide bonds. The van der Waals surface area contributed by atoms with E-state index in [1.54, 1.807) is 0 Å². The molecule has 1 rings (SSSR count). The molecule has 0 aromatic heterocycles. The van der Waals surface area contributed by atoms with Gasteiger partial charge in [0.05, 0.1) is 6.61 Å². The Morgan fingerprint density at radius 1 is 1.41 bits per heavy atom. The van der Waals surface area contributed by atoms with Gasteiger partial charge in [0.1, 0.15) is 9.84 Å². The van der Waals surface area contributed by atoms with Crippen LogP contribution in [0.2, 0.25) is 0 Å². The van der Waals surface area contributed by atoms with Crippen molar-refractivity contribution in [2.45, 2.75) is 32.6 Å². The molecule has 1 unspecified atom stereocenters. The molecule has 1 fully saturated rings. The normalized spacial score (nSPS) is 25.3. The Balaban J connectivity index is 2.37. The van der Waals surface area contributed by atoms with Crippen molar-refractivity contribution in [2.24, 2.45) is 5.41 Å². The number of ether oxygens (including phenoxy) is 1. The molecule has 0 aromatic rings. The van der Waals surface area contributed by atoms with Gasteiger partial charge in [-0.1, -0.05) is 6.92 Å². The summed E-state index contributed by atoms with van der Waals surface area (Å²) in [5.41, 5.74) is 0.167. The lowest BCUT2D eigenvalue weighted by Crippen LogP contribution is -2.35. The molecule has 1 atom stereocenters. The van der Waals surface area contributed by atoms with E-state index in [1.165, 1.54) is 6.26 Å². The zero-order valence-corrected chi connectivity index (χ0v) is 11.8. The van der Waals surface area contributed by atoms with Gasteiger partial charge in [0, 0.05) is 30.6 Å². The fourth-order valence-corrected chi connectivity index (χ4v) is 2.98. The minimum Gasteiger partial charge on any atom is -0.381 e. The van der Waals surface area contributed by atoms with E-state index in [0.717, 1.165) is 52.0 Å². The second kappa shape index (κ2) is 6.71. The van der Waals surface area contributed by atoms with Crippen molar-refractivity contribution >= 4 is 9.84 Å². The second-order valence-corrected chi connectivity index (χ2v) is 7.47. The average Bonchev–Trinajstić information content (AvgIpc) is 2.65. The van der Waals surface area contributed by atoms with Crippen molar-refractivity contribution in [1.29, 1.82) is 0 Å². The van der Waals surface area contributed by atoms with Gasteiger partial charge in [-0.15, -0.1) is 0 Å². The minimum absolute atomic E-state index is 0.167. The van der Waals surface area contributed by atoms with Gasteiger partial charge in [-0.25, -0.2) is 8.42 Å². The van der Waals surface area contributed by atoms with Gasteiger partial charge < -0.3 is 10.1 Å². The maximum absolute atomic E-state index is 11.1. The van der Waals surface area contributed by atoms with E-state index in [1.807, 2.05) is 0 Å². The fourth-order valence-electron chi connectivity index (χ4n) is 2.31. The van der Waals surface area contributed by atoms with Gasteiger partial charge in [0.25, 0.3) is 0 Å². The van der Waals surface area contributed by atoms with Crippen molar-refractivity contribution in [2.75, 3.05) is 38.3 Å². The van der Waals surface area contributed by atoms with E-state index in [-0.39, 0.29) is 5.41 Å². The van der Waals surface area contributed by atoms with E-state index >= 15 is 0 Å². The van der Waals surface area contributed by atoms with Gasteiger partial charge in [0.2, 0.25) is 0 Å². The first-order valence-electron chi connectivity index (χ1n) is 6.44. The number of sulfone groups is 1. The van der Waals surface area contributed by atoms with Crippen LogP contribution in [0.5, 0.6) is 0 Å². The molecule has 0 saturated carbocycles. The lowest BCUT2D eigenvalue weighted by atomic mass is 9.82. The van der Waals surface area contributed by atoms with Crippen LogP contribution in [-0.2, 0) is 14.6 Å². The highest BCUT2D eigenvalue weighted by molar-refractivity contribution is 7.90. The minimum atomic E-state index is -2.83. The molecule has 102 valence electrons. The second-order valence-electron chi connectivity index (χ2n) is 5.21. The SMILES string of the molecule is CCCNCC1(CCCS(C)(=O)=O)CCOC1. The lowest BCUT2D eigenvalue weighted by Gasteiger charge is -2.27. The van der Waals surface area contributed by atoms with Gasteiger partial charge in [-0.05, 0) is 32.2 Å². The van der Waals surface area contributed by atoms with Crippen LogP contribution in [-0.4, -0.2) is 46.7 Å². The highest BCUT2D eigenvalue weighted by Crippen LogP contribution is 2.33. The Morgan fingerprint density at radius 3 is 2.71 bits per heavy atom. The van der Waals surface area contributed by atoms with Crippen LogP contribution in [0.25, 0.3) is 0 Å². The standard InChI is InChI=1S/C12H25NO3S/c1-3-7-13-10-12(6-8-16-11-12)5-4-9-17(2,14)15/h13H,3-11H2,1-2H3. The van der Waals surface area contributed by atoms with Gasteiger partial charge in [0.15, 0.2) is 0 Å². The van der Waals surface area contributed by atoms with Crippen molar-refractivity contribution in [3.63, 3.8) is 0 Å². The Kier molecular flexibility index (Phi) is 5.89. The van der Waals surface area contributed by atoms with Crippen LogP contribution in [0.3, 0.4) is 0 Å². The monoisotopic (exact) mass is 263 g/mol. The molecule has 0 bridgehead atoms. The van der Waals surface area contributed by atoms with Crippen LogP contribution < -0.4 is 5.32 Å². The predicted octanol–water partition coefficient (Wildman–Crippen LogP) is 1.22. The van der Waals surface area contributed by atoms with E-state index in [9.17, 15) is 8.42 Å². The van der Waals surface area contributed by atoms with Crippen LogP contribution >= 0.6 is 0 Å². The van der Waals surface area contributed by atoms with E-state index in [0.29, 0.717) is 5.75 Å². The molecule has 0 aromatic carbocycles. The van der Waals surface area contributed by atoms with Gasteiger partial charge in [-0.2, -0.15) is 0 Å². The molecule has 1 aliphatic heterocycles. The first kappa shape index (κ1) is 14.9. The zero-order chi connectivity index (χ0) is 12.8. The van der Waals surface area contributed by atoms with Crippen LogP contribution in [0, 0.1) is 5.41 Å². The first-order valence-corrected chi connectivity index (χ1v) is 8.50. The summed E-state index contributed by atoms with van der Waals surface area (Å²) in [5.74, 6) is 0.294. The number of nitrogens with one attached hydrogen (secondary N) is 1. The maximum Gasteiger partial charge on any atom is 0.147 e. The van der Waals surface area contributed by atoms with E-state index < -0.39 is 9.84 Å². The summed E-state index contributed by atoms with van der Waals surface area (Å²) in [5, 5.41) is 3.44. The van der Waals surface area contributed by atoms with Crippen molar-refractivity contribution in [3.05, 3.63) is 0 Å². The molecule has 4 nitrogen and oxygen atoms in total. The largest absolute Gasteiger partial charge is 0.381 e. The molecule has 1 heterocycles. The molecular weight excluding hydrogens is 238 g/mol. The first-order chi connectivity index (χ1) is 7.97. The summed E-state index contributed by atoms with van der Waals surface area (Å²) in [6, 6.07) is 0. The molecule has 0 radical (unpaired) electrons. The molecule has 17 heavy (non-hydrogen) atoms. The van der Waals surface area contributed by atoms with E-state index in [4.69, 9.17) is 4.74 Å². The topological polar surface area (TPSA) is 55.4 Å². The molecule has 0 spiro atoms. The number of hydrogen-bond acceptors (Lipinski definition) is 4. The Morgan fingerprint density at radius 2 is 2.18 bits per heavy atom. The summed E-state index contributed by atoms with van der Waals surface area (Å²) in [4.78, 5) is 0. The fraction of sp³-hybridized carbons (Fsp3) is 1.00. The quantitative estimate of drug-likeness (QED) is 0.669. The molecule has 1 aliphatic rings. The highest BCUT2D eigenvalue weighted by atomic mass is 32.2. The lowest BCUT2D eigenvalue weighted by molar-refractivity contribution is 0.143. The molecule has 1 N–H and O–H groups in total. The van der Waals surface area contributed by atoms with Crippen molar-refractivity contribution in [3.8, 4) is 0 Å². The third-order valence-corrected chi connectivity index (χ3v) is 4.36. The molecule has 5 heteroatoms. The highest BCUT2D eigenvalue weighted by Gasteiger charge is 2.34. The van der Waals surface area contributed by atoms with Crippen LogP contribution in [0.15, 0.2) is 0 Å². The maximum atomic E-state index is 11.1. The van der Waals surface area contributed by atoms with E-state index in [2.05, 4.69) is 12.2 Å².